The number of hydrogen-bond donors (Lipinski definition) is 0. The SMILES string of the molecule is CCN(CC[N+]12CCN(CC1)CC2)c1ccc(N=Nc2n(C)nc[n+]2C)cc1.CCN(CC[N+]12CCN(CC1)CC2)c1ccc(N=Nc2n(C)nc[n+]2C)cc1.[Br-].[Br-].[Cl-].[Cl-]. The monoisotopic (exact) mass is 996 g/mol. The van der Waals surface area contributed by atoms with Crippen molar-refractivity contribution in [1.29, 1.82) is 0 Å². The van der Waals surface area contributed by atoms with Gasteiger partial charge in [0, 0.05) is 74.0 Å². The molecule has 10 rings (SSSR count). The molecule has 0 spiro atoms. The first kappa shape index (κ1) is 51.3. The van der Waals surface area contributed by atoms with Crippen molar-refractivity contribution < 1.29 is 76.9 Å². The van der Waals surface area contributed by atoms with E-state index in [2.05, 4.69) is 88.4 Å². The fourth-order valence-corrected chi connectivity index (χ4v) is 8.65. The minimum Gasteiger partial charge on any atom is -1.00 e. The van der Waals surface area contributed by atoms with Gasteiger partial charge in [-0.25, -0.2) is 9.13 Å². The van der Waals surface area contributed by atoms with Crippen LogP contribution in [0.15, 0.2) is 81.6 Å². The Morgan fingerprint density at radius 3 is 1.13 bits per heavy atom. The summed E-state index contributed by atoms with van der Waals surface area (Å²) in [5, 5.41) is 25.7. The molecule has 6 aliphatic heterocycles. The predicted octanol–water partition coefficient (Wildman–Crippen LogP) is -8.72. The van der Waals surface area contributed by atoms with Gasteiger partial charge in [0.1, 0.15) is 0 Å². The minimum atomic E-state index is 0. The maximum Gasteiger partial charge on any atom is 0.403 e. The highest BCUT2D eigenvalue weighted by atomic mass is 79.9. The van der Waals surface area contributed by atoms with E-state index >= 15 is 0 Å². The van der Waals surface area contributed by atoms with Gasteiger partial charge in [0.15, 0.2) is 0 Å². The molecule has 0 atom stereocenters. The number of nitrogens with zero attached hydrogens (tertiary/aromatic N) is 16. The summed E-state index contributed by atoms with van der Waals surface area (Å²) in [4.78, 5) is 10.2. The number of hydrogen-bond acceptors (Lipinski definition) is 10. The number of benzene rings is 2. The van der Waals surface area contributed by atoms with Crippen LogP contribution >= 0.6 is 0 Å². The van der Waals surface area contributed by atoms with Crippen LogP contribution in [0.4, 0.5) is 34.6 Å². The molecule has 2 aromatic carbocycles. The molecule has 0 amide bonds. The Morgan fingerprint density at radius 2 is 0.867 bits per heavy atom. The maximum absolute atomic E-state index is 4.36. The minimum absolute atomic E-state index is 0. The van der Waals surface area contributed by atoms with Crippen LogP contribution in [0.2, 0.25) is 0 Å². The van der Waals surface area contributed by atoms with Crippen molar-refractivity contribution in [1.82, 2.24) is 29.4 Å². The third-order valence-electron chi connectivity index (χ3n) is 12.7. The average molecular weight is 1000 g/mol. The number of halogens is 4. The van der Waals surface area contributed by atoms with Crippen LogP contribution in [-0.2, 0) is 28.2 Å². The number of azo groups is 2. The van der Waals surface area contributed by atoms with Gasteiger partial charge in [-0.15, -0.1) is 9.36 Å². The van der Waals surface area contributed by atoms with Gasteiger partial charge in [0.2, 0.25) is 12.7 Å². The predicted molar refractivity (Wildman–Crippen MR) is 218 cm³/mol. The van der Waals surface area contributed by atoms with Gasteiger partial charge < -0.3 is 77.5 Å². The van der Waals surface area contributed by atoms with Crippen molar-refractivity contribution in [2.45, 2.75) is 13.8 Å². The first-order valence-electron chi connectivity index (χ1n) is 20.6. The zero-order valence-corrected chi connectivity index (χ0v) is 40.9. The lowest BCUT2D eigenvalue weighted by Crippen LogP contribution is -3.00. The molecule has 0 N–H and O–H groups in total. The van der Waals surface area contributed by atoms with Crippen LogP contribution in [0.5, 0.6) is 0 Å². The van der Waals surface area contributed by atoms with Crippen molar-refractivity contribution in [3.05, 3.63) is 61.2 Å². The summed E-state index contributed by atoms with van der Waals surface area (Å²) in [7, 11) is 7.56. The number of aryl methyl sites for hydroxylation is 4. The third-order valence-corrected chi connectivity index (χ3v) is 12.7. The zero-order valence-electron chi connectivity index (χ0n) is 36.2. The van der Waals surface area contributed by atoms with Gasteiger partial charge in [-0.1, -0.05) is 10.2 Å². The average Bonchev–Trinajstić information content (AvgIpc) is 3.75. The molecule has 0 unspecified atom stereocenters. The molecule has 6 aliphatic rings. The molecular formula is C40H64Br2Cl2N16. The first-order valence-corrected chi connectivity index (χ1v) is 20.6. The van der Waals surface area contributed by atoms with Gasteiger partial charge in [0.25, 0.3) is 0 Å². The fourth-order valence-electron chi connectivity index (χ4n) is 8.65. The smallest absolute Gasteiger partial charge is 0.403 e. The highest BCUT2D eigenvalue weighted by Gasteiger charge is 2.39. The van der Waals surface area contributed by atoms with Gasteiger partial charge in [0.05, 0.1) is 105 Å². The molecule has 20 heteroatoms. The van der Waals surface area contributed by atoms with Crippen LogP contribution < -0.4 is 77.7 Å². The van der Waals surface area contributed by atoms with Crippen LogP contribution in [0.1, 0.15) is 13.8 Å². The lowest BCUT2D eigenvalue weighted by molar-refractivity contribution is -0.939. The van der Waals surface area contributed by atoms with Gasteiger partial charge in [-0.3, -0.25) is 9.80 Å². The van der Waals surface area contributed by atoms with Crippen molar-refractivity contribution in [2.75, 3.05) is 128 Å². The van der Waals surface area contributed by atoms with E-state index < -0.39 is 0 Å². The van der Waals surface area contributed by atoms with Crippen molar-refractivity contribution in [3.8, 4) is 0 Å². The van der Waals surface area contributed by atoms with Crippen LogP contribution in [0.3, 0.4) is 0 Å². The summed E-state index contributed by atoms with van der Waals surface area (Å²) < 4.78 is 9.74. The third kappa shape index (κ3) is 12.5. The molecule has 2 aromatic heterocycles. The van der Waals surface area contributed by atoms with E-state index in [9.17, 15) is 0 Å². The summed E-state index contributed by atoms with van der Waals surface area (Å²) in [5.41, 5.74) is 4.24. The standard InChI is InChI=1S/2C20H32N8.2BrH.2ClH/c2*1-4-27(12-16-28-13-9-26(10-14-28)11-15-28)19-7-5-18(6-8-19)22-23-20-24(2)17-21-25(20)3;;;;/h2*5-8,17H,4,9-16H2,1-3H3;4*1H/q2*+2;;;;/p-4. The zero-order chi connectivity index (χ0) is 39.1. The molecule has 60 heavy (non-hydrogen) atoms. The number of rotatable bonds is 14. The highest BCUT2D eigenvalue weighted by molar-refractivity contribution is 5.53. The Hall–Kier alpha value is -3.10. The molecule has 0 aliphatic carbocycles. The topological polar surface area (TPSA) is 106 Å². The van der Waals surface area contributed by atoms with Gasteiger partial charge in [-0.2, -0.15) is 0 Å². The lowest BCUT2D eigenvalue weighted by Gasteiger charge is -2.51. The van der Waals surface area contributed by atoms with Crippen LogP contribution in [0.25, 0.3) is 0 Å². The molecule has 4 bridgehead atoms. The van der Waals surface area contributed by atoms with E-state index in [-0.39, 0.29) is 58.8 Å². The van der Waals surface area contributed by atoms with Crippen molar-refractivity contribution in [3.63, 3.8) is 0 Å². The highest BCUT2D eigenvalue weighted by Crippen LogP contribution is 2.25. The molecular weight excluding hydrogens is 935 g/mol. The van der Waals surface area contributed by atoms with Gasteiger partial charge >= 0.3 is 11.9 Å². The van der Waals surface area contributed by atoms with Crippen molar-refractivity contribution >= 4 is 34.6 Å². The molecule has 6 fully saturated rings. The Kier molecular flexibility index (Phi) is 20.0. The number of anilines is 2. The maximum atomic E-state index is 4.36. The molecule has 6 saturated heterocycles. The van der Waals surface area contributed by atoms with Gasteiger partial charge in [-0.05, 0) is 72.6 Å². The molecule has 4 aromatic rings. The second-order valence-electron chi connectivity index (χ2n) is 16.1. The Balaban J connectivity index is 0.000000300. The Bertz CT molecular complexity index is 1730. The van der Waals surface area contributed by atoms with Crippen LogP contribution in [0, 0.1) is 0 Å². The summed E-state index contributed by atoms with van der Waals surface area (Å²) in [6, 6.07) is 16.8. The number of aromatic nitrogens is 6. The van der Waals surface area contributed by atoms with E-state index in [0.717, 1.165) is 49.5 Å². The molecule has 16 nitrogen and oxygen atoms in total. The fraction of sp³-hybridized carbons (Fsp3) is 0.600. The molecule has 8 heterocycles. The first-order chi connectivity index (χ1) is 27.2. The summed E-state index contributed by atoms with van der Waals surface area (Å²) >= 11 is 0. The lowest BCUT2D eigenvalue weighted by atomic mass is 10.1. The van der Waals surface area contributed by atoms with E-state index in [1.165, 1.54) is 112 Å². The van der Waals surface area contributed by atoms with E-state index in [1.807, 2.05) is 61.6 Å². The molecule has 0 radical (unpaired) electrons. The Labute approximate surface area is 390 Å². The van der Waals surface area contributed by atoms with E-state index in [1.54, 1.807) is 22.0 Å². The second kappa shape index (κ2) is 23.4. The second-order valence-corrected chi connectivity index (χ2v) is 16.1. The largest absolute Gasteiger partial charge is 1.00 e. The van der Waals surface area contributed by atoms with Crippen LogP contribution in [-0.4, -0.2) is 156 Å². The quantitative estimate of drug-likeness (QED) is 0.0708. The van der Waals surface area contributed by atoms with E-state index in [4.69, 9.17) is 0 Å². The Morgan fingerprint density at radius 1 is 0.550 bits per heavy atom. The normalized spacial score (nSPS) is 22.6. The van der Waals surface area contributed by atoms with E-state index in [0.29, 0.717) is 0 Å². The summed E-state index contributed by atoms with van der Waals surface area (Å²) in [6.45, 7) is 26.9. The molecule has 0 saturated carbocycles. The molecule has 332 valence electrons. The number of piperazine rings is 6. The summed E-state index contributed by atoms with van der Waals surface area (Å²) in [5.74, 6) is 1.43. The number of likely N-dealkylation sites (N-methyl/N-ethyl adjacent to an activating group) is 2. The number of quaternary nitrogens is 2. The summed E-state index contributed by atoms with van der Waals surface area (Å²) in [6.07, 6.45) is 3.45. The van der Waals surface area contributed by atoms with Crippen molar-refractivity contribution in [2.24, 2.45) is 48.6 Å². The number of fused-ring (bicyclic) bond motifs is 6.